The van der Waals surface area contributed by atoms with Crippen LogP contribution in [-0.4, -0.2) is 51.0 Å². The van der Waals surface area contributed by atoms with E-state index < -0.39 is 5.60 Å². The van der Waals surface area contributed by atoms with Gasteiger partial charge in [0.15, 0.2) is 0 Å². The fourth-order valence-electron chi connectivity index (χ4n) is 3.08. The minimum atomic E-state index is -0.447. The van der Waals surface area contributed by atoms with Crippen LogP contribution in [0, 0.1) is 0 Å². The zero-order chi connectivity index (χ0) is 15.1. The van der Waals surface area contributed by atoms with Crippen LogP contribution in [0.25, 0.3) is 0 Å². The van der Waals surface area contributed by atoms with Gasteiger partial charge in [0.25, 0.3) is 0 Å². The minimum Gasteiger partial charge on any atom is -0.444 e. The van der Waals surface area contributed by atoms with Gasteiger partial charge < -0.3 is 15.0 Å². The lowest BCUT2D eigenvalue weighted by Crippen LogP contribution is -2.56. The van der Waals surface area contributed by atoms with Crippen LogP contribution < -0.4 is 5.32 Å². The highest BCUT2D eigenvalue weighted by atomic mass is 16.6. The second-order valence-electron chi connectivity index (χ2n) is 6.88. The number of nitrogens with one attached hydrogen (secondary N) is 1. The van der Waals surface area contributed by atoms with E-state index in [0.29, 0.717) is 13.1 Å². The van der Waals surface area contributed by atoms with Crippen molar-refractivity contribution in [2.75, 3.05) is 19.6 Å². The summed E-state index contributed by atoms with van der Waals surface area (Å²) in [6.45, 7) is 8.70. The lowest BCUT2D eigenvalue weighted by molar-refractivity contribution is 0.00816. The molecular formula is C14H23N5O2. The maximum absolute atomic E-state index is 12.1. The first kappa shape index (κ1) is 14.3. The van der Waals surface area contributed by atoms with E-state index in [4.69, 9.17) is 4.74 Å². The Labute approximate surface area is 124 Å². The fourth-order valence-corrected chi connectivity index (χ4v) is 3.08. The van der Waals surface area contributed by atoms with Crippen molar-refractivity contribution in [2.24, 2.45) is 0 Å². The van der Waals surface area contributed by atoms with Gasteiger partial charge in [-0.3, -0.25) is 0 Å². The largest absolute Gasteiger partial charge is 0.444 e. The average molecular weight is 293 g/mol. The van der Waals surface area contributed by atoms with Crippen molar-refractivity contribution in [3.8, 4) is 0 Å². The molecule has 1 amide bonds. The maximum atomic E-state index is 12.1. The van der Waals surface area contributed by atoms with Crippen molar-refractivity contribution in [1.29, 1.82) is 0 Å². The van der Waals surface area contributed by atoms with Crippen LogP contribution in [0.3, 0.4) is 0 Å². The van der Waals surface area contributed by atoms with Crippen LogP contribution in [0.15, 0.2) is 6.33 Å². The maximum Gasteiger partial charge on any atom is 0.410 e. The molecule has 1 aromatic rings. The quantitative estimate of drug-likeness (QED) is 0.775. The number of piperidine rings is 1. The Morgan fingerprint density at radius 1 is 1.38 bits per heavy atom. The minimum absolute atomic E-state index is 0.0530. The monoisotopic (exact) mass is 293 g/mol. The number of carbonyl (C=O) groups excluding carboxylic acids is 1. The standard InChI is InChI=1S/C14H23N5O2/c1-13(2,3)21-12(20)18-6-4-14(5-7-18)9-15-8-11-16-10-17-19(11)14/h10,15H,4-9H2,1-3H3. The molecular weight excluding hydrogens is 270 g/mol. The Hall–Kier alpha value is -1.63. The number of aromatic nitrogens is 3. The summed E-state index contributed by atoms with van der Waals surface area (Å²) in [5.41, 5.74) is -0.500. The number of likely N-dealkylation sites (tertiary alicyclic amines) is 1. The molecule has 3 rings (SSSR count). The van der Waals surface area contributed by atoms with Gasteiger partial charge >= 0.3 is 6.09 Å². The highest BCUT2D eigenvalue weighted by Gasteiger charge is 2.42. The second-order valence-corrected chi connectivity index (χ2v) is 6.88. The van der Waals surface area contributed by atoms with E-state index in [1.807, 2.05) is 20.8 Å². The van der Waals surface area contributed by atoms with Gasteiger partial charge in [0.2, 0.25) is 0 Å². The summed E-state index contributed by atoms with van der Waals surface area (Å²) >= 11 is 0. The molecule has 2 aliphatic heterocycles. The Bertz CT molecular complexity index is 526. The lowest BCUT2D eigenvalue weighted by Gasteiger charge is -2.44. The number of ether oxygens (including phenoxy) is 1. The number of hydrogen-bond donors (Lipinski definition) is 1. The third-order valence-corrected chi connectivity index (χ3v) is 4.15. The van der Waals surface area contributed by atoms with Crippen LogP contribution >= 0.6 is 0 Å². The first-order chi connectivity index (χ1) is 9.90. The topological polar surface area (TPSA) is 72.3 Å². The van der Waals surface area contributed by atoms with Gasteiger partial charge in [-0.25, -0.2) is 14.5 Å². The van der Waals surface area contributed by atoms with Crippen LogP contribution in [-0.2, 0) is 16.8 Å². The molecule has 2 aliphatic rings. The zero-order valence-corrected chi connectivity index (χ0v) is 12.9. The molecule has 0 aromatic carbocycles. The van der Waals surface area contributed by atoms with E-state index in [-0.39, 0.29) is 11.6 Å². The molecule has 1 N–H and O–H groups in total. The Kier molecular flexibility index (Phi) is 3.39. The summed E-state index contributed by atoms with van der Waals surface area (Å²) < 4.78 is 7.50. The summed E-state index contributed by atoms with van der Waals surface area (Å²) in [5, 5.41) is 7.81. The van der Waals surface area contributed by atoms with Crippen molar-refractivity contribution in [3.63, 3.8) is 0 Å². The highest BCUT2D eigenvalue weighted by Crippen LogP contribution is 2.32. The van der Waals surface area contributed by atoms with E-state index in [2.05, 4.69) is 20.1 Å². The molecule has 0 unspecified atom stereocenters. The normalized spacial score (nSPS) is 21.2. The van der Waals surface area contributed by atoms with Gasteiger partial charge in [0, 0.05) is 19.6 Å². The summed E-state index contributed by atoms with van der Waals surface area (Å²) in [4.78, 5) is 18.2. The average Bonchev–Trinajstić information content (AvgIpc) is 2.87. The summed E-state index contributed by atoms with van der Waals surface area (Å²) in [6, 6.07) is 0. The van der Waals surface area contributed by atoms with Gasteiger partial charge in [0.1, 0.15) is 17.8 Å². The molecule has 3 heterocycles. The molecule has 7 heteroatoms. The zero-order valence-electron chi connectivity index (χ0n) is 12.9. The van der Waals surface area contributed by atoms with Crippen molar-refractivity contribution in [3.05, 3.63) is 12.2 Å². The Morgan fingerprint density at radius 3 is 2.76 bits per heavy atom. The highest BCUT2D eigenvalue weighted by molar-refractivity contribution is 5.68. The van der Waals surface area contributed by atoms with Crippen LogP contribution in [0.1, 0.15) is 39.4 Å². The summed E-state index contributed by atoms with van der Waals surface area (Å²) in [5.74, 6) is 0.979. The van der Waals surface area contributed by atoms with Crippen molar-refractivity contribution in [2.45, 2.75) is 51.3 Å². The third kappa shape index (κ3) is 2.74. The molecule has 1 fully saturated rings. The third-order valence-electron chi connectivity index (χ3n) is 4.15. The number of amides is 1. The predicted octanol–water partition coefficient (Wildman–Crippen LogP) is 1.11. The van der Waals surface area contributed by atoms with E-state index in [1.54, 1.807) is 11.2 Å². The SMILES string of the molecule is CC(C)(C)OC(=O)N1CCC2(CC1)CNCc1ncnn12. The van der Waals surface area contributed by atoms with E-state index in [0.717, 1.165) is 31.8 Å². The van der Waals surface area contributed by atoms with Gasteiger partial charge in [-0.1, -0.05) is 0 Å². The number of carbonyl (C=O) groups is 1. The van der Waals surface area contributed by atoms with Gasteiger partial charge in [0.05, 0.1) is 12.1 Å². The molecule has 0 bridgehead atoms. The van der Waals surface area contributed by atoms with Crippen LogP contribution in [0.5, 0.6) is 0 Å². The molecule has 116 valence electrons. The Morgan fingerprint density at radius 2 is 2.10 bits per heavy atom. The van der Waals surface area contributed by atoms with Crippen molar-refractivity contribution < 1.29 is 9.53 Å². The smallest absolute Gasteiger partial charge is 0.410 e. The number of rotatable bonds is 0. The number of hydrogen-bond acceptors (Lipinski definition) is 5. The lowest BCUT2D eigenvalue weighted by atomic mass is 9.86. The van der Waals surface area contributed by atoms with Crippen molar-refractivity contribution in [1.82, 2.24) is 25.0 Å². The fraction of sp³-hybridized carbons (Fsp3) is 0.786. The molecule has 1 aromatic heterocycles. The molecule has 1 spiro atoms. The van der Waals surface area contributed by atoms with E-state index >= 15 is 0 Å². The van der Waals surface area contributed by atoms with Gasteiger partial charge in [-0.2, -0.15) is 5.10 Å². The van der Waals surface area contributed by atoms with Crippen molar-refractivity contribution >= 4 is 6.09 Å². The number of fused-ring (bicyclic) bond motifs is 2. The molecule has 0 saturated carbocycles. The van der Waals surface area contributed by atoms with E-state index in [1.165, 1.54) is 0 Å². The summed E-state index contributed by atoms with van der Waals surface area (Å²) in [7, 11) is 0. The van der Waals surface area contributed by atoms with Crippen LogP contribution in [0.2, 0.25) is 0 Å². The molecule has 7 nitrogen and oxygen atoms in total. The first-order valence-electron chi connectivity index (χ1n) is 7.48. The van der Waals surface area contributed by atoms with Gasteiger partial charge in [-0.15, -0.1) is 0 Å². The van der Waals surface area contributed by atoms with Crippen LogP contribution in [0.4, 0.5) is 4.79 Å². The molecule has 21 heavy (non-hydrogen) atoms. The molecule has 0 radical (unpaired) electrons. The molecule has 1 saturated heterocycles. The molecule has 0 aliphatic carbocycles. The van der Waals surface area contributed by atoms with Gasteiger partial charge in [-0.05, 0) is 33.6 Å². The Balaban J connectivity index is 1.68. The first-order valence-corrected chi connectivity index (χ1v) is 7.48. The summed E-state index contributed by atoms with van der Waals surface area (Å²) in [6.07, 6.45) is 3.13. The second kappa shape index (κ2) is 4.98. The predicted molar refractivity (Wildman–Crippen MR) is 76.7 cm³/mol. The molecule has 0 atom stereocenters. The number of nitrogens with zero attached hydrogens (tertiary/aromatic N) is 4. The van der Waals surface area contributed by atoms with E-state index in [9.17, 15) is 4.79 Å².